The van der Waals surface area contributed by atoms with Gasteiger partial charge >= 0.3 is 0 Å². The van der Waals surface area contributed by atoms with Gasteiger partial charge < -0.3 is 15.0 Å². The lowest BCUT2D eigenvalue weighted by Crippen LogP contribution is -2.46. The van der Waals surface area contributed by atoms with E-state index >= 15 is 0 Å². The zero-order chi connectivity index (χ0) is 18.3. The van der Waals surface area contributed by atoms with E-state index < -0.39 is 0 Å². The van der Waals surface area contributed by atoms with E-state index in [0.717, 1.165) is 25.8 Å². The summed E-state index contributed by atoms with van der Waals surface area (Å²) in [5, 5.41) is 13.2. The highest BCUT2D eigenvalue weighted by Gasteiger charge is 2.35. The Morgan fingerprint density at radius 1 is 1.31 bits per heavy atom. The zero-order valence-electron chi connectivity index (χ0n) is 15.5. The first-order valence-corrected chi connectivity index (χ1v) is 9.48. The van der Waals surface area contributed by atoms with E-state index in [9.17, 15) is 4.79 Å². The van der Waals surface area contributed by atoms with Crippen LogP contribution in [0.1, 0.15) is 24.0 Å². The molecule has 1 aliphatic carbocycles. The van der Waals surface area contributed by atoms with Crippen LogP contribution in [0, 0.1) is 5.92 Å². The molecule has 1 unspecified atom stereocenters. The smallest absolute Gasteiger partial charge is 0.228 e. The Morgan fingerprint density at radius 3 is 2.96 bits per heavy atom. The Balaban J connectivity index is 1.65. The molecule has 26 heavy (non-hydrogen) atoms. The summed E-state index contributed by atoms with van der Waals surface area (Å²) in [7, 11) is 4.23. The molecule has 5 heteroatoms. The second-order valence-corrected chi connectivity index (χ2v) is 7.57. The summed E-state index contributed by atoms with van der Waals surface area (Å²) in [6.07, 6.45) is 6.99. The van der Waals surface area contributed by atoms with Gasteiger partial charge in [0, 0.05) is 49.9 Å². The Hall–Kier alpha value is -2.11. The molecule has 0 radical (unpaired) electrons. The summed E-state index contributed by atoms with van der Waals surface area (Å²) in [5.74, 6) is -0.0346. The number of hydrogen-bond acceptors (Lipinski definition) is 3. The molecule has 1 aromatic carbocycles. The maximum absolute atomic E-state index is 12.6. The van der Waals surface area contributed by atoms with Gasteiger partial charge in [0.05, 0.1) is 5.92 Å². The minimum absolute atomic E-state index is 0.0896. The quantitative estimate of drug-likeness (QED) is 0.808. The van der Waals surface area contributed by atoms with Crippen molar-refractivity contribution in [3.8, 4) is 0 Å². The monoisotopic (exact) mass is 353 g/mol. The van der Waals surface area contributed by atoms with Crippen molar-refractivity contribution in [2.75, 3.05) is 26.7 Å². The first-order valence-electron chi connectivity index (χ1n) is 9.48. The van der Waals surface area contributed by atoms with Crippen molar-refractivity contribution in [2.24, 2.45) is 13.0 Å². The van der Waals surface area contributed by atoms with Crippen molar-refractivity contribution in [1.82, 2.24) is 14.8 Å². The van der Waals surface area contributed by atoms with Crippen LogP contribution in [0.4, 0.5) is 0 Å². The summed E-state index contributed by atoms with van der Waals surface area (Å²) in [6, 6.07) is 6.82. The van der Waals surface area contributed by atoms with Gasteiger partial charge in [-0.15, -0.1) is 0 Å². The maximum atomic E-state index is 12.6. The summed E-state index contributed by atoms with van der Waals surface area (Å²) in [4.78, 5) is 14.9. The highest BCUT2D eigenvalue weighted by atomic mass is 16.3. The van der Waals surface area contributed by atoms with Crippen LogP contribution in [0.5, 0.6) is 0 Å². The Labute approximate surface area is 154 Å². The number of nitrogens with one attached hydrogen (secondary N) is 1. The second kappa shape index (κ2) is 6.89. The molecule has 138 valence electrons. The lowest BCUT2D eigenvalue weighted by atomic mass is 9.80. The van der Waals surface area contributed by atoms with Crippen molar-refractivity contribution >= 4 is 22.4 Å². The average molecular weight is 353 g/mol. The van der Waals surface area contributed by atoms with E-state index in [1.807, 2.05) is 0 Å². The molecular weight excluding hydrogens is 326 g/mol. The van der Waals surface area contributed by atoms with Crippen molar-refractivity contribution < 1.29 is 9.90 Å². The second-order valence-electron chi connectivity index (χ2n) is 7.57. The third kappa shape index (κ3) is 2.85. The fourth-order valence-electron chi connectivity index (χ4n) is 4.47. The zero-order valence-corrected chi connectivity index (χ0v) is 15.5. The van der Waals surface area contributed by atoms with Crippen LogP contribution in [0.15, 0.2) is 30.5 Å². The van der Waals surface area contributed by atoms with Crippen LogP contribution in [0.2, 0.25) is 0 Å². The molecule has 2 atom stereocenters. The highest BCUT2D eigenvalue weighted by Crippen LogP contribution is 2.41. The van der Waals surface area contributed by atoms with Gasteiger partial charge in [-0.25, -0.2) is 0 Å². The molecule has 1 amide bonds. The number of likely N-dealkylation sites (N-methyl/N-ethyl adjacent to an activating group) is 1. The minimum atomic E-state index is -0.124. The molecule has 0 bridgehead atoms. The fraction of sp³-hybridized carbons (Fsp3) is 0.476. The number of amides is 1. The van der Waals surface area contributed by atoms with Gasteiger partial charge in [0.2, 0.25) is 5.91 Å². The number of nitrogens with zero attached hydrogens (tertiary/aromatic N) is 2. The molecule has 1 aromatic heterocycles. The SMILES string of the molecule is CN1CC(C(=O)NCCCCO)C=C2c3cccc4c3c(cn4C)C[C@H]21. The number of hydrogen-bond donors (Lipinski definition) is 2. The number of aliphatic hydroxyl groups excluding tert-OH is 1. The van der Waals surface area contributed by atoms with Gasteiger partial charge in [-0.05, 0) is 49.1 Å². The summed E-state index contributed by atoms with van der Waals surface area (Å²) < 4.78 is 2.21. The maximum Gasteiger partial charge on any atom is 0.228 e. The number of fused-ring (bicyclic) bond motifs is 2. The number of aromatic nitrogens is 1. The lowest BCUT2D eigenvalue weighted by molar-refractivity contribution is -0.124. The topological polar surface area (TPSA) is 57.5 Å². The first-order chi connectivity index (χ1) is 12.6. The van der Waals surface area contributed by atoms with E-state index in [0.29, 0.717) is 12.6 Å². The highest BCUT2D eigenvalue weighted by molar-refractivity contribution is 5.99. The lowest BCUT2D eigenvalue weighted by Gasteiger charge is -2.39. The van der Waals surface area contributed by atoms with Crippen molar-refractivity contribution in [2.45, 2.75) is 25.3 Å². The summed E-state index contributed by atoms with van der Waals surface area (Å²) in [5.41, 5.74) is 5.23. The number of carbonyl (C=O) groups is 1. The standard InChI is InChI=1S/C21H27N3O2/c1-23-12-14-11-19-17(16-6-5-7-18(23)20(14)16)10-15(13-24(19)2)21(26)22-8-3-4-9-25/h5-7,10,12,15,19,25H,3-4,8-9,11,13H2,1-2H3,(H,22,26)/t15?,19-/m1/s1. The molecule has 2 N–H and O–H groups in total. The summed E-state index contributed by atoms with van der Waals surface area (Å²) >= 11 is 0. The molecule has 0 saturated carbocycles. The number of carbonyl (C=O) groups excluding carboxylic acids is 1. The van der Waals surface area contributed by atoms with Gasteiger partial charge in [-0.3, -0.25) is 9.69 Å². The predicted molar refractivity (Wildman–Crippen MR) is 104 cm³/mol. The van der Waals surface area contributed by atoms with E-state index in [2.05, 4.69) is 59.4 Å². The molecule has 2 heterocycles. The average Bonchev–Trinajstić information content (AvgIpc) is 2.96. The van der Waals surface area contributed by atoms with Crippen LogP contribution >= 0.6 is 0 Å². The minimum Gasteiger partial charge on any atom is -0.396 e. The molecule has 2 aromatic rings. The van der Waals surface area contributed by atoms with Crippen LogP contribution in [0.3, 0.4) is 0 Å². The van der Waals surface area contributed by atoms with Gasteiger partial charge in [-0.1, -0.05) is 18.2 Å². The van der Waals surface area contributed by atoms with Gasteiger partial charge in [0.25, 0.3) is 0 Å². The van der Waals surface area contributed by atoms with E-state index in [-0.39, 0.29) is 18.4 Å². The van der Waals surface area contributed by atoms with Crippen LogP contribution < -0.4 is 5.32 Å². The van der Waals surface area contributed by atoms with Crippen LogP contribution in [-0.4, -0.2) is 53.3 Å². The first kappa shape index (κ1) is 17.3. The van der Waals surface area contributed by atoms with E-state index in [4.69, 9.17) is 5.11 Å². The molecule has 0 saturated heterocycles. The molecule has 1 aliphatic heterocycles. The van der Waals surface area contributed by atoms with Gasteiger partial charge in [-0.2, -0.15) is 0 Å². The van der Waals surface area contributed by atoms with Crippen molar-refractivity contribution in [3.63, 3.8) is 0 Å². The van der Waals surface area contributed by atoms with Crippen molar-refractivity contribution in [1.29, 1.82) is 0 Å². The molecule has 5 nitrogen and oxygen atoms in total. The number of benzene rings is 1. The molecule has 4 rings (SSSR count). The number of unbranched alkanes of at least 4 members (excludes halogenated alkanes) is 1. The summed E-state index contributed by atoms with van der Waals surface area (Å²) in [6.45, 7) is 1.56. The normalized spacial score (nSPS) is 22.2. The fourth-order valence-corrected chi connectivity index (χ4v) is 4.47. The molecule has 0 fully saturated rings. The molecular formula is C21H27N3O2. The molecule has 2 aliphatic rings. The van der Waals surface area contributed by atoms with Gasteiger partial charge in [0.15, 0.2) is 0 Å². The Bertz CT molecular complexity index is 868. The Morgan fingerprint density at radius 2 is 2.15 bits per heavy atom. The Kier molecular flexibility index (Phi) is 4.59. The van der Waals surface area contributed by atoms with Gasteiger partial charge in [0.1, 0.15) is 0 Å². The van der Waals surface area contributed by atoms with Crippen molar-refractivity contribution in [3.05, 3.63) is 41.6 Å². The predicted octanol–water partition coefficient (Wildman–Crippen LogP) is 1.94. The number of aliphatic hydroxyl groups is 1. The largest absolute Gasteiger partial charge is 0.396 e. The van der Waals surface area contributed by atoms with E-state index in [1.54, 1.807) is 0 Å². The van der Waals surface area contributed by atoms with Crippen LogP contribution in [-0.2, 0) is 18.3 Å². The number of aryl methyl sites for hydroxylation is 1. The molecule has 0 spiro atoms. The van der Waals surface area contributed by atoms with Crippen LogP contribution in [0.25, 0.3) is 16.5 Å². The van der Waals surface area contributed by atoms with E-state index in [1.165, 1.54) is 27.6 Å². The third-order valence-electron chi connectivity index (χ3n) is 5.79. The third-order valence-corrected chi connectivity index (χ3v) is 5.79. The number of rotatable bonds is 5.